The smallest absolute Gasteiger partial charge is 0.411 e. The van der Waals surface area contributed by atoms with Gasteiger partial charge < -0.3 is 14.2 Å². The number of benzene rings is 1. The number of hydrogen-bond donors (Lipinski definition) is 0. The van der Waals surface area contributed by atoms with Gasteiger partial charge in [-0.1, -0.05) is 12.1 Å². The minimum atomic E-state index is -0.575. The second-order valence-corrected chi connectivity index (χ2v) is 11.0. The standard InChI is InChI=1S/C24H31ClN4O4/c1-23(2,3)33-22(30)28-11-16-10-17(4-5-20(16)29-15-26-27-21(29)12-28)24(25)8-6-18(7-9-24)32-19-13-31-14-19/h4-5,10,15,18-19H,6-9,11-14H2,1-3H3. The van der Waals surface area contributed by atoms with Crippen molar-refractivity contribution in [2.45, 2.75) is 82.2 Å². The Morgan fingerprint density at radius 3 is 2.61 bits per heavy atom. The van der Waals surface area contributed by atoms with Crippen LogP contribution in [0.15, 0.2) is 24.5 Å². The van der Waals surface area contributed by atoms with Crippen LogP contribution in [-0.2, 0) is 32.2 Å². The first-order valence-corrected chi connectivity index (χ1v) is 12.0. The zero-order valence-corrected chi connectivity index (χ0v) is 20.2. The van der Waals surface area contributed by atoms with E-state index >= 15 is 0 Å². The van der Waals surface area contributed by atoms with Gasteiger partial charge in [-0.05, 0) is 63.6 Å². The third-order valence-electron chi connectivity index (χ3n) is 6.54. The highest BCUT2D eigenvalue weighted by atomic mass is 35.5. The topological polar surface area (TPSA) is 78.7 Å². The molecule has 3 aliphatic rings. The maximum atomic E-state index is 12.9. The molecule has 1 aliphatic carbocycles. The summed E-state index contributed by atoms with van der Waals surface area (Å²) in [6.45, 7) is 7.75. The predicted molar refractivity (Wildman–Crippen MR) is 122 cm³/mol. The van der Waals surface area contributed by atoms with Crippen molar-refractivity contribution >= 4 is 17.7 Å². The number of ether oxygens (including phenoxy) is 3. The van der Waals surface area contributed by atoms with Crippen LogP contribution >= 0.6 is 11.6 Å². The van der Waals surface area contributed by atoms with Crippen LogP contribution in [0, 0.1) is 0 Å². The summed E-state index contributed by atoms with van der Waals surface area (Å²) in [7, 11) is 0. The fourth-order valence-corrected chi connectivity index (χ4v) is 5.06. The molecule has 2 aliphatic heterocycles. The van der Waals surface area contributed by atoms with Crippen LogP contribution in [0.1, 0.15) is 63.4 Å². The molecule has 0 spiro atoms. The molecule has 2 fully saturated rings. The molecule has 5 rings (SSSR count). The van der Waals surface area contributed by atoms with Crippen LogP contribution in [-0.4, -0.2) is 56.8 Å². The van der Waals surface area contributed by atoms with Gasteiger partial charge in [-0.25, -0.2) is 4.79 Å². The Hall–Kier alpha value is -2.16. The lowest BCUT2D eigenvalue weighted by Gasteiger charge is -2.38. The number of fused-ring (bicyclic) bond motifs is 3. The molecule has 1 amide bonds. The first-order chi connectivity index (χ1) is 15.7. The zero-order chi connectivity index (χ0) is 23.2. The number of alkyl halides is 1. The molecule has 33 heavy (non-hydrogen) atoms. The summed E-state index contributed by atoms with van der Waals surface area (Å²) < 4.78 is 18.9. The summed E-state index contributed by atoms with van der Waals surface area (Å²) in [6.07, 6.45) is 5.35. The van der Waals surface area contributed by atoms with Crippen molar-refractivity contribution in [1.82, 2.24) is 19.7 Å². The van der Waals surface area contributed by atoms with Gasteiger partial charge in [-0.15, -0.1) is 21.8 Å². The summed E-state index contributed by atoms with van der Waals surface area (Å²) >= 11 is 7.18. The van der Waals surface area contributed by atoms with E-state index in [1.54, 1.807) is 11.2 Å². The minimum Gasteiger partial charge on any atom is -0.444 e. The number of rotatable bonds is 3. The Labute approximate surface area is 199 Å². The summed E-state index contributed by atoms with van der Waals surface area (Å²) in [5.74, 6) is 0.700. The maximum Gasteiger partial charge on any atom is 0.411 e. The van der Waals surface area contributed by atoms with Gasteiger partial charge in [0.2, 0.25) is 0 Å². The summed E-state index contributed by atoms with van der Waals surface area (Å²) in [5.41, 5.74) is 2.47. The lowest BCUT2D eigenvalue weighted by atomic mass is 9.81. The molecule has 1 aromatic carbocycles. The highest BCUT2D eigenvalue weighted by Crippen LogP contribution is 2.45. The molecule has 8 nitrogen and oxygen atoms in total. The molecule has 0 N–H and O–H groups in total. The monoisotopic (exact) mass is 474 g/mol. The third kappa shape index (κ3) is 4.74. The van der Waals surface area contributed by atoms with E-state index in [0.717, 1.165) is 42.5 Å². The number of halogens is 1. The molecule has 1 aromatic heterocycles. The van der Waals surface area contributed by atoms with E-state index in [1.807, 2.05) is 25.3 Å². The van der Waals surface area contributed by atoms with Gasteiger partial charge in [0.05, 0.1) is 43.0 Å². The zero-order valence-electron chi connectivity index (χ0n) is 19.4. The molecule has 9 heteroatoms. The highest BCUT2D eigenvalue weighted by molar-refractivity contribution is 6.24. The molecular formula is C24H31ClN4O4. The molecular weight excluding hydrogens is 444 g/mol. The molecule has 0 atom stereocenters. The summed E-state index contributed by atoms with van der Waals surface area (Å²) in [6, 6.07) is 6.30. The first kappa shape index (κ1) is 22.6. The van der Waals surface area contributed by atoms with Crippen LogP contribution in [0.25, 0.3) is 5.69 Å². The fourth-order valence-electron chi connectivity index (χ4n) is 4.72. The molecule has 1 saturated heterocycles. The summed E-state index contributed by atoms with van der Waals surface area (Å²) in [4.78, 5) is 14.1. The Balaban J connectivity index is 1.38. The Morgan fingerprint density at radius 2 is 1.94 bits per heavy atom. The first-order valence-electron chi connectivity index (χ1n) is 11.6. The predicted octanol–water partition coefficient (Wildman–Crippen LogP) is 4.31. The maximum absolute atomic E-state index is 12.9. The average Bonchev–Trinajstić information content (AvgIpc) is 3.12. The number of carbonyl (C=O) groups is 1. The van der Waals surface area contributed by atoms with Crippen LogP contribution in [0.2, 0.25) is 0 Å². The van der Waals surface area contributed by atoms with Crippen molar-refractivity contribution < 1.29 is 19.0 Å². The molecule has 2 aromatic rings. The van der Waals surface area contributed by atoms with Gasteiger partial charge >= 0.3 is 6.09 Å². The number of aromatic nitrogens is 3. The normalized spacial score (nSPS) is 25.6. The molecule has 3 heterocycles. The van der Waals surface area contributed by atoms with Crippen molar-refractivity contribution in [3.63, 3.8) is 0 Å². The van der Waals surface area contributed by atoms with Gasteiger partial charge in [0.1, 0.15) is 18.0 Å². The van der Waals surface area contributed by atoms with Gasteiger partial charge in [-0.2, -0.15) is 0 Å². The number of nitrogens with zero attached hydrogens (tertiary/aromatic N) is 4. The Bertz CT molecular complexity index is 1020. The minimum absolute atomic E-state index is 0.238. The SMILES string of the molecule is CC(C)(C)OC(=O)N1Cc2cc(C3(Cl)CCC(OC4COC4)CC3)ccc2-n2cnnc2C1. The van der Waals surface area contributed by atoms with Gasteiger partial charge in [-0.3, -0.25) is 9.47 Å². The highest BCUT2D eigenvalue weighted by Gasteiger charge is 2.38. The molecule has 0 radical (unpaired) electrons. The van der Waals surface area contributed by atoms with E-state index in [4.69, 9.17) is 25.8 Å². The lowest BCUT2D eigenvalue weighted by Crippen LogP contribution is -2.41. The van der Waals surface area contributed by atoms with Gasteiger partial charge in [0.25, 0.3) is 0 Å². The van der Waals surface area contributed by atoms with Crippen LogP contribution in [0.3, 0.4) is 0 Å². The Kier molecular flexibility index (Phi) is 5.87. The number of amides is 1. The second kappa shape index (κ2) is 8.56. The van der Waals surface area contributed by atoms with Gasteiger partial charge in [0, 0.05) is 0 Å². The van der Waals surface area contributed by atoms with Crippen molar-refractivity contribution in [2.75, 3.05) is 13.2 Å². The lowest BCUT2D eigenvalue weighted by molar-refractivity contribution is -0.161. The molecule has 0 bridgehead atoms. The largest absolute Gasteiger partial charge is 0.444 e. The van der Waals surface area contributed by atoms with Crippen LogP contribution in [0.5, 0.6) is 0 Å². The van der Waals surface area contributed by atoms with Crippen molar-refractivity contribution in [2.24, 2.45) is 0 Å². The average molecular weight is 475 g/mol. The fraction of sp³-hybridized carbons (Fsp3) is 0.625. The Morgan fingerprint density at radius 1 is 1.18 bits per heavy atom. The van der Waals surface area contributed by atoms with E-state index in [-0.39, 0.29) is 18.3 Å². The van der Waals surface area contributed by atoms with E-state index in [1.165, 1.54) is 0 Å². The molecule has 178 valence electrons. The van der Waals surface area contributed by atoms with Crippen LogP contribution < -0.4 is 0 Å². The third-order valence-corrected chi connectivity index (χ3v) is 7.13. The van der Waals surface area contributed by atoms with E-state index in [2.05, 4.69) is 28.4 Å². The number of hydrogen-bond acceptors (Lipinski definition) is 6. The summed E-state index contributed by atoms with van der Waals surface area (Å²) in [5, 5.41) is 8.30. The van der Waals surface area contributed by atoms with Crippen molar-refractivity contribution in [3.05, 3.63) is 41.5 Å². The van der Waals surface area contributed by atoms with Crippen molar-refractivity contribution in [3.8, 4) is 5.69 Å². The van der Waals surface area contributed by atoms with E-state index in [0.29, 0.717) is 32.1 Å². The molecule has 0 unspecified atom stereocenters. The van der Waals surface area contributed by atoms with Crippen LogP contribution in [0.4, 0.5) is 4.79 Å². The molecule has 1 saturated carbocycles. The quantitative estimate of drug-likeness (QED) is 0.617. The number of carbonyl (C=O) groups excluding carboxylic acids is 1. The second-order valence-electron chi connectivity index (χ2n) is 10.3. The van der Waals surface area contributed by atoms with Crippen molar-refractivity contribution in [1.29, 1.82) is 0 Å². The van der Waals surface area contributed by atoms with Gasteiger partial charge in [0.15, 0.2) is 5.82 Å². The van der Waals surface area contributed by atoms with E-state index < -0.39 is 10.5 Å². The van der Waals surface area contributed by atoms with E-state index in [9.17, 15) is 4.79 Å².